The summed E-state index contributed by atoms with van der Waals surface area (Å²) in [4.78, 5) is 35.7. The van der Waals surface area contributed by atoms with Crippen LogP contribution in [0.25, 0.3) is 0 Å². The van der Waals surface area contributed by atoms with Gasteiger partial charge in [0.1, 0.15) is 5.75 Å². The lowest BCUT2D eigenvalue weighted by molar-refractivity contribution is -0.154. The first-order chi connectivity index (χ1) is 11.8. The highest BCUT2D eigenvalue weighted by Crippen LogP contribution is 2.38. The number of carbonyl (C=O) groups excluding carboxylic acids is 3. The Kier molecular flexibility index (Phi) is 5.63. The predicted molar refractivity (Wildman–Crippen MR) is 90.9 cm³/mol. The Balaban J connectivity index is 2.51. The van der Waals surface area contributed by atoms with Gasteiger partial charge in [-0.3, -0.25) is 19.7 Å². The third kappa shape index (κ3) is 3.90. The molecule has 1 unspecified atom stereocenters. The Bertz CT molecular complexity index is 689. The van der Waals surface area contributed by atoms with Crippen molar-refractivity contribution in [1.82, 2.24) is 5.32 Å². The topological polar surface area (TPSA) is 120 Å². The maximum atomic E-state index is 12.5. The van der Waals surface area contributed by atoms with Crippen molar-refractivity contribution >= 4 is 23.5 Å². The lowest BCUT2D eigenvalue weighted by atomic mass is 9.91. The predicted octanol–water partition coefficient (Wildman–Crippen LogP) is 0.720. The molecule has 0 saturated heterocycles. The number of esters is 1. The number of ether oxygens (including phenoxy) is 2. The van der Waals surface area contributed by atoms with E-state index < -0.39 is 36.0 Å². The van der Waals surface area contributed by atoms with Crippen molar-refractivity contribution in [3.63, 3.8) is 0 Å². The highest BCUT2D eigenvalue weighted by Gasteiger charge is 2.41. The standard InChI is InChI=1S/C17H23N3O5/c1-8(2)12(16(18)22)19-14-10-6-5-7-11(24-4)13(10)20-17(23)15(14)25-9(3)21/h5-8,12,14-15,19H,1-4H3,(H2,18,22)(H,20,23)/t12?,14-,15+/m0/s1. The molecule has 0 radical (unpaired) electrons. The highest BCUT2D eigenvalue weighted by atomic mass is 16.5. The number of rotatable bonds is 6. The van der Waals surface area contributed by atoms with Crippen LogP contribution >= 0.6 is 0 Å². The second kappa shape index (κ2) is 7.52. The van der Waals surface area contributed by atoms with Crippen LogP contribution in [0.15, 0.2) is 18.2 Å². The van der Waals surface area contributed by atoms with Crippen molar-refractivity contribution in [2.45, 2.75) is 39.0 Å². The van der Waals surface area contributed by atoms with E-state index >= 15 is 0 Å². The molecule has 1 aliphatic heterocycles. The van der Waals surface area contributed by atoms with Gasteiger partial charge in [0.15, 0.2) is 6.10 Å². The fourth-order valence-electron chi connectivity index (χ4n) is 2.89. The fourth-order valence-corrected chi connectivity index (χ4v) is 2.89. The second-order valence-electron chi connectivity index (χ2n) is 6.21. The number of amides is 2. The van der Waals surface area contributed by atoms with Crippen LogP contribution in [-0.2, 0) is 19.1 Å². The minimum absolute atomic E-state index is 0.116. The Hall–Kier alpha value is -2.61. The number of fused-ring (bicyclic) bond motifs is 1. The van der Waals surface area contributed by atoms with Gasteiger partial charge in [-0.2, -0.15) is 0 Å². The van der Waals surface area contributed by atoms with Crippen molar-refractivity contribution in [2.24, 2.45) is 11.7 Å². The molecule has 2 rings (SSSR count). The van der Waals surface area contributed by atoms with E-state index in [0.717, 1.165) is 0 Å². The van der Waals surface area contributed by atoms with Gasteiger partial charge in [0.25, 0.3) is 5.91 Å². The van der Waals surface area contributed by atoms with Gasteiger partial charge in [-0.05, 0) is 12.0 Å². The van der Waals surface area contributed by atoms with Crippen molar-refractivity contribution in [3.8, 4) is 5.75 Å². The number of hydrogen-bond acceptors (Lipinski definition) is 6. The fraction of sp³-hybridized carbons (Fsp3) is 0.471. The molecule has 0 saturated carbocycles. The van der Waals surface area contributed by atoms with E-state index in [4.69, 9.17) is 15.2 Å². The largest absolute Gasteiger partial charge is 0.495 e. The Morgan fingerprint density at radius 2 is 2.00 bits per heavy atom. The quantitative estimate of drug-likeness (QED) is 0.651. The van der Waals surface area contributed by atoms with E-state index in [1.165, 1.54) is 14.0 Å². The monoisotopic (exact) mass is 349 g/mol. The number of nitrogens with two attached hydrogens (primary N) is 1. The molecular weight excluding hydrogens is 326 g/mol. The summed E-state index contributed by atoms with van der Waals surface area (Å²) in [6.45, 7) is 4.89. The number of methoxy groups -OCH3 is 1. The van der Waals surface area contributed by atoms with Gasteiger partial charge >= 0.3 is 5.97 Å². The van der Waals surface area contributed by atoms with E-state index in [0.29, 0.717) is 17.0 Å². The van der Waals surface area contributed by atoms with Crippen molar-refractivity contribution in [2.75, 3.05) is 12.4 Å². The maximum Gasteiger partial charge on any atom is 0.303 e. The zero-order valence-corrected chi connectivity index (χ0v) is 14.7. The first kappa shape index (κ1) is 18.7. The zero-order chi connectivity index (χ0) is 18.7. The number of primary amides is 1. The van der Waals surface area contributed by atoms with Gasteiger partial charge in [0.2, 0.25) is 5.91 Å². The van der Waals surface area contributed by atoms with Crippen LogP contribution in [0.5, 0.6) is 5.75 Å². The molecule has 0 fully saturated rings. The molecule has 8 heteroatoms. The van der Waals surface area contributed by atoms with Crippen molar-refractivity contribution < 1.29 is 23.9 Å². The summed E-state index contributed by atoms with van der Waals surface area (Å²) in [6.07, 6.45) is -1.13. The maximum absolute atomic E-state index is 12.5. The summed E-state index contributed by atoms with van der Waals surface area (Å²) >= 11 is 0. The molecule has 0 aromatic heterocycles. The van der Waals surface area contributed by atoms with Crippen LogP contribution < -0.4 is 21.1 Å². The van der Waals surface area contributed by atoms with Gasteiger partial charge < -0.3 is 20.5 Å². The van der Waals surface area contributed by atoms with Crippen LogP contribution in [-0.4, -0.2) is 37.0 Å². The smallest absolute Gasteiger partial charge is 0.303 e. The second-order valence-corrected chi connectivity index (χ2v) is 6.21. The summed E-state index contributed by atoms with van der Waals surface area (Å²) < 4.78 is 10.5. The molecule has 1 aromatic rings. The van der Waals surface area contributed by atoms with Crippen LogP contribution in [0.3, 0.4) is 0 Å². The van der Waals surface area contributed by atoms with E-state index in [1.54, 1.807) is 18.2 Å². The van der Waals surface area contributed by atoms with Crippen LogP contribution in [0.2, 0.25) is 0 Å². The zero-order valence-electron chi connectivity index (χ0n) is 14.7. The third-order valence-corrected chi connectivity index (χ3v) is 4.05. The lowest BCUT2D eigenvalue weighted by Crippen LogP contribution is -2.54. The molecule has 25 heavy (non-hydrogen) atoms. The van der Waals surface area contributed by atoms with E-state index in [9.17, 15) is 14.4 Å². The molecule has 0 spiro atoms. The molecule has 136 valence electrons. The number of benzene rings is 1. The molecule has 3 atom stereocenters. The van der Waals surface area contributed by atoms with Gasteiger partial charge in [0, 0.05) is 12.5 Å². The van der Waals surface area contributed by atoms with Crippen LogP contribution in [0, 0.1) is 5.92 Å². The average Bonchev–Trinajstić information content (AvgIpc) is 2.53. The molecule has 1 aromatic carbocycles. The van der Waals surface area contributed by atoms with E-state index in [-0.39, 0.29) is 5.92 Å². The molecule has 8 nitrogen and oxygen atoms in total. The molecule has 0 bridgehead atoms. The van der Waals surface area contributed by atoms with Gasteiger partial charge in [-0.15, -0.1) is 0 Å². The first-order valence-corrected chi connectivity index (χ1v) is 7.96. The minimum Gasteiger partial charge on any atom is -0.495 e. The van der Waals surface area contributed by atoms with Gasteiger partial charge in [-0.25, -0.2) is 0 Å². The molecule has 0 aliphatic carbocycles. The normalized spacial score (nSPS) is 20.4. The molecular formula is C17H23N3O5. The Labute approximate surface area is 146 Å². The number of anilines is 1. The summed E-state index contributed by atoms with van der Waals surface area (Å²) in [7, 11) is 1.49. The summed E-state index contributed by atoms with van der Waals surface area (Å²) in [5.41, 5.74) is 6.60. The molecule has 4 N–H and O–H groups in total. The highest BCUT2D eigenvalue weighted by molar-refractivity contribution is 6.00. The number of para-hydroxylation sites is 1. The Morgan fingerprint density at radius 3 is 2.52 bits per heavy atom. The number of carbonyl (C=O) groups is 3. The van der Waals surface area contributed by atoms with Gasteiger partial charge in [0.05, 0.1) is 24.9 Å². The molecule has 1 aliphatic rings. The van der Waals surface area contributed by atoms with Crippen molar-refractivity contribution in [3.05, 3.63) is 23.8 Å². The minimum atomic E-state index is -1.13. The molecule has 1 heterocycles. The van der Waals surface area contributed by atoms with Crippen LogP contribution in [0.4, 0.5) is 5.69 Å². The third-order valence-electron chi connectivity index (χ3n) is 4.05. The lowest BCUT2D eigenvalue weighted by Gasteiger charge is -2.36. The van der Waals surface area contributed by atoms with E-state index in [2.05, 4.69) is 10.6 Å². The van der Waals surface area contributed by atoms with Crippen molar-refractivity contribution in [1.29, 1.82) is 0 Å². The van der Waals surface area contributed by atoms with E-state index in [1.807, 2.05) is 13.8 Å². The number of nitrogens with one attached hydrogen (secondary N) is 2. The van der Waals surface area contributed by atoms with Crippen LogP contribution in [0.1, 0.15) is 32.4 Å². The first-order valence-electron chi connectivity index (χ1n) is 7.96. The van der Waals surface area contributed by atoms with Gasteiger partial charge in [-0.1, -0.05) is 26.0 Å². The summed E-state index contributed by atoms with van der Waals surface area (Å²) in [5, 5.41) is 5.78. The SMILES string of the molecule is COc1cccc2c1NC(=O)[C@H](OC(C)=O)[C@H]2NC(C(N)=O)C(C)C. The average molecular weight is 349 g/mol. The molecule has 2 amide bonds. The summed E-state index contributed by atoms with van der Waals surface area (Å²) in [5.74, 6) is -1.30. The Morgan fingerprint density at radius 1 is 1.32 bits per heavy atom. The summed E-state index contributed by atoms with van der Waals surface area (Å²) in [6, 6.07) is 3.79. The number of hydrogen-bond donors (Lipinski definition) is 3.